The smallest absolute Gasteiger partial charge is 0.260 e. The largest absolute Gasteiger partial charge is 0.487 e. The predicted octanol–water partition coefficient (Wildman–Crippen LogP) is 3.74. The van der Waals surface area contributed by atoms with Gasteiger partial charge in [-0.05, 0) is 42.0 Å². The predicted molar refractivity (Wildman–Crippen MR) is 103 cm³/mol. The zero-order valence-electron chi connectivity index (χ0n) is 15.0. The van der Waals surface area contributed by atoms with E-state index in [1.165, 1.54) is 6.07 Å². The van der Waals surface area contributed by atoms with Gasteiger partial charge in [0.1, 0.15) is 12.4 Å². The lowest BCUT2D eigenvalue weighted by atomic mass is 10.1. The summed E-state index contributed by atoms with van der Waals surface area (Å²) in [5, 5.41) is 6.00. The lowest BCUT2D eigenvalue weighted by Gasteiger charge is -2.23. The van der Waals surface area contributed by atoms with Crippen molar-refractivity contribution in [2.24, 2.45) is 5.10 Å². The Morgan fingerprint density at radius 1 is 1.32 bits per heavy atom. The van der Waals surface area contributed by atoms with E-state index in [1.54, 1.807) is 35.2 Å². The minimum Gasteiger partial charge on any atom is -0.487 e. The van der Waals surface area contributed by atoms with Gasteiger partial charge in [0.15, 0.2) is 11.7 Å². The highest BCUT2D eigenvalue weighted by atomic mass is 35.5. The number of ether oxygens (including phenoxy) is 1. The average Bonchev–Trinajstić information content (AvgIpc) is 3.01. The van der Waals surface area contributed by atoms with E-state index in [0.29, 0.717) is 29.4 Å². The lowest BCUT2D eigenvalue weighted by molar-refractivity contribution is 0.0864. The highest BCUT2D eigenvalue weighted by Gasteiger charge is 2.31. The number of hydrogen-bond acceptors (Lipinski definition) is 5. The first-order valence-electron chi connectivity index (χ1n) is 8.49. The van der Waals surface area contributed by atoms with E-state index in [-0.39, 0.29) is 17.5 Å². The molecule has 0 aliphatic carbocycles. The van der Waals surface area contributed by atoms with E-state index >= 15 is 0 Å². The Bertz CT molecular complexity index is 1050. The molecule has 8 heteroatoms. The molecule has 0 spiro atoms. The third-order valence-corrected chi connectivity index (χ3v) is 4.79. The van der Waals surface area contributed by atoms with Gasteiger partial charge in [0.25, 0.3) is 5.91 Å². The van der Waals surface area contributed by atoms with Crippen LogP contribution < -0.4 is 4.74 Å². The van der Waals surface area contributed by atoms with Crippen LogP contribution >= 0.6 is 11.6 Å². The third-order valence-electron chi connectivity index (χ3n) is 4.50. The summed E-state index contributed by atoms with van der Waals surface area (Å²) >= 11 is 5.76. The van der Waals surface area contributed by atoms with Crippen molar-refractivity contribution in [3.05, 3.63) is 82.6 Å². The first-order chi connectivity index (χ1) is 13.4. The number of amidine groups is 1. The van der Waals surface area contributed by atoms with E-state index in [1.807, 2.05) is 12.1 Å². The molecule has 2 aliphatic rings. The van der Waals surface area contributed by atoms with Gasteiger partial charge in [-0.2, -0.15) is 5.10 Å². The number of aromatic nitrogens is 1. The molecule has 28 heavy (non-hydrogen) atoms. The molecule has 1 amide bonds. The van der Waals surface area contributed by atoms with Crippen LogP contribution in [0.2, 0.25) is 5.02 Å². The summed E-state index contributed by atoms with van der Waals surface area (Å²) in [7, 11) is 1.78. The van der Waals surface area contributed by atoms with Crippen LogP contribution in [0.1, 0.15) is 21.6 Å². The molecule has 0 radical (unpaired) electrons. The monoisotopic (exact) mass is 398 g/mol. The summed E-state index contributed by atoms with van der Waals surface area (Å²) in [5.41, 5.74) is 2.71. The Balaban J connectivity index is 1.49. The number of hydrazone groups is 1. The molecule has 0 unspecified atom stereocenters. The van der Waals surface area contributed by atoms with E-state index in [4.69, 9.17) is 16.3 Å². The van der Waals surface area contributed by atoms with E-state index in [2.05, 4.69) is 16.7 Å². The number of carbonyl (C=O) groups excluding carboxylic acids is 1. The normalized spacial score (nSPS) is 15.8. The Labute approximate surface area is 166 Å². The number of fused-ring (bicyclic) bond motifs is 1. The van der Waals surface area contributed by atoms with Crippen LogP contribution in [0.15, 0.2) is 60.0 Å². The molecule has 0 fully saturated rings. The quantitative estimate of drug-likeness (QED) is 0.790. The number of halogens is 2. The van der Waals surface area contributed by atoms with Gasteiger partial charge >= 0.3 is 0 Å². The number of pyridine rings is 1. The second-order valence-corrected chi connectivity index (χ2v) is 6.80. The van der Waals surface area contributed by atoms with Crippen LogP contribution in [0.5, 0.6) is 5.75 Å². The van der Waals surface area contributed by atoms with Crippen molar-refractivity contribution in [1.82, 2.24) is 14.9 Å². The van der Waals surface area contributed by atoms with Crippen LogP contribution in [-0.2, 0) is 13.2 Å². The molecule has 6 nitrogen and oxygen atoms in total. The summed E-state index contributed by atoms with van der Waals surface area (Å²) in [6.07, 6.45) is 4.64. The highest BCUT2D eigenvalue weighted by Crippen LogP contribution is 2.28. The van der Waals surface area contributed by atoms with Crippen LogP contribution in [0.4, 0.5) is 4.39 Å². The Hall–Kier alpha value is -3.19. The van der Waals surface area contributed by atoms with Gasteiger partial charge in [0.2, 0.25) is 0 Å². The number of hydrogen-bond donors (Lipinski definition) is 0. The van der Waals surface area contributed by atoms with Crippen LogP contribution in [0.25, 0.3) is 0 Å². The number of amides is 1. The molecule has 0 saturated carbocycles. The van der Waals surface area contributed by atoms with Gasteiger partial charge < -0.3 is 4.74 Å². The molecule has 0 saturated heterocycles. The van der Waals surface area contributed by atoms with Gasteiger partial charge in [-0.1, -0.05) is 18.2 Å². The van der Waals surface area contributed by atoms with Crippen molar-refractivity contribution in [3.63, 3.8) is 0 Å². The fourth-order valence-electron chi connectivity index (χ4n) is 2.94. The van der Waals surface area contributed by atoms with E-state index in [0.717, 1.165) is 17.5 Å². The Kier molecular flexibility index (Phi) is 4.60. The zero-order valence-corrected chi connectivity index (χ0v) is 15.8. The maximum absolute atomic E-state index is 13.2. The first-order valence-corrected chi connectivity index (χ1v) is 8.87. The zero-order chi connectivity index (χ0) is 19.8. The fraction of sp³-hybridized carbons (Fsp3) is 0.150. The molecule has 2 aliphatic heterocycles. The number of carbonyl (C=O) groups is 1. The molecular weight excluding hydrogens is 383 g/mol. The number of rotatable bonds is 3. The van der Waals surface area contributed by atoms with Gasteiger partial charge in [0, 0.05) is 12.6 Å². The molecule has 0 bridgehead atoms. The molecule has 4 rings (SSSR count). The van der Waals surface area contributed by atoms with E-state index < -0.39 is 5.82 Å². The van der Waals surface area contributed by atoms with Crippen molar-refractivity contribution < 1.29 is 13.9 Å². The maximum atomic E-state index is 13.2. The number of likely N-dealkylation sites (N-methyl/N-ethyl adjacent to an activating group) is 1. The van der Waals surface area contributed by atoms with E-state index in [9.17, 15) is 9.18 Å². The van der Waals surface area contributed by atoms with Crippen LogP contribution in [0.3, 0.4) is 0 Å². The van der Waals surface area contributed by atoms with Crippen LogP contribution in [0, 0.1) is 5.82 Å². The molecule has 0 N–H and O–H groups in total. The van der Waals surface area contributed by atoms with Gasteiger partial charge in [-0.15, -0.1) is 0 Å². The SMILES string of the molecule is C=C1C=CC(N2Cc3cc(OCc4cc(Cl)c(F)cn4)ccc3C2=O)=NN1C. The summed E-state index contributed by atoms with van der Waals surface area (Å²) in [6, 6.07) is 6.69. The second-order valence-electron chi connectivity index (χ2n) is 6.40. The van der Waals surface area contributed by atoms with Crippen molar-refractivity contribution in [2.75, 3.05) is 7.05 Å². The summed E-state index contributed by atoms with van der Waals surface area (Å²) in [4.78, 5) is 18.3. The standard InChI is InChI=1S/C20H16ClFN4O2/c1-12-3-6-19(24-25(12)2)26-10-13-7-15(4-5-16(13)20(26)27)28-11-14-8-17(21)18(22)9-23-14/h3-9H,1,10-11H2,2H3. The fourth-order valence-corrected chi connectivity index (χ4v) is 3.11. The molecular formula is C20H16ClFN4O2. The second kappa shape index (κ2) is 7.09. The number of nitrogens with zero attached hydrogens (tertiary/aromatic N) is 4. The summed E-state index contributed by atoms with van der Waals surface area (Å²) in [5.74, 6) is 0.458. The van der Waals surface area contributed by atoms with Crippen LogP contribution in [-0.4, -0.2) is 33.7 Å². The minimum absolute atomic E-state index is 0.00208. The Morgan fingerprint density at radius 2 is 2.14 bits per heavy atom. The van der Waals surface area contributed by atoms with Gasteiger partial charge in [-0.3, -0.25) is 19.7 Å². The van der Waals surface area contributed by atoms with Crippen molar-refractivity contribution >= 4 is 23.3 Å². The number of benzene rings is 1. The topological polar surface area (TPSA) is 58.0 Å². The molecule has 0 atom stereocenters. The van der Waals surface area contributed by atoms with Crippen molar-refractivity contribution in [2.45, 2.75) is 13.2 Å². The highest BCUT2D eigenvalue weighted by molar-refractivity contribution is 6.30. The number of allylic oxidation sites excluding steroid dienone is 1. The lowest BCUT2D eigenvalue weighted by Crippen LogP contribution is -2.33. The summed E-state index contributed by atoms with van der Waals surface area (Å²) < 4.78 is 18.9. The maximum Gasteiger partial charge on any atom is 0.260 e. The van der Waals surface area contributed by atoms with Gasteiger partial charge in [0.05, 0.1) is 29.2 Å². The molecule has 1 aromatic carbocycles. The van der Waals surface area contributed by atoms with Gasteiger partial charge in [-0.25, -0.2) is 4.39 Å². The molecule has 1 aromatic heterocycles. The average molecular weight is 399 g/mol. The van der Waals surface area contributed by atoms with Crippen molar-refractivity contribution in [3.8, 4) is 5.75 Å². The molecule has 3 heterocycles. The Morgan fingerprint density at radius 3 is 2.89 bits per heavy atom. The molecule has 142 valence electrons. The third kappa shape index (κ3) is 3.36. The van der Waals surface area contributed by atoms with Crippen molar-refractivity contribution in [1.29, 1.82) is 0 Å². The summed E-state index contributed by atoms with van der Waals surface area (Å²) in [6.45, 7) is 4.40. The molecule has 2 aromatic rings. The first kappa shape index (κ1) is 18.2. The minimum atomic E-state index is -0.574.